The fourth-order valence-electron chi connectivity index (χ4n) is 2.80. The van der Waals surface area contributed by atoms with Crippen molar-refractivity contribution in [1.29, 1.82) is 0 Å². The molecule has 0 spiro atoms. The number of hydrogen-bond acceptors (Lipinski definition) is 2. The van der Waals surface area contributed by atoms with Crippen molar-refractivity contribution < 1.29 is 9.59 Å². The Morgan fingerprint density at radius 3 is 2.12 bits per heavy atom. The largest absolute Gasteiger partial charge is 0.351 e. The zero-order valence-electron chi connectivity index (χ0n) is 14.8. The normalized spacial score (nSPS) is 12.5. The van der Waals surface area contributed by atoms with Gasteiger partial charge in [0.1, 0.15) is 5.54 Å². The van der Waals surface area contributed by atoms with Gasteiger partial charge in [-0.05, 0) is 24.1 Å². The molecule has 0 saturated carbocycles. The molecule has 2 amide bonds. The first-order chi connectivity index (χ1) is 12.6. The van der Waals surface area contributed by atoms with E-state index in [-0.39, 0.29) is 11.8 Å². The molecule has 0 fully saturated rings. The van der Waals surface area contributed by atoms with Gasteiger partial charge in [-0.2, -0.15) is 0 Å². The van der Waals surface area contributed by atoms with E-state index in [0.717, 1.165) is 5.56 Å². The highest BCUT2D eigenvalue weighted by molar-refractivity contribution is 5.99. The molecule has 0 radical (unpaired) electrons. The molecule has 134 valence electrons. The lowest BCUT2D eigenvalue weighted by molar-refractivity contribution is -0.127. The Kier molecular flexibility index (Phi) is 6.92. The average molecular weight is 348 g/mol. The summed E-state index contributed by atoms with van der Waals surface area (Å²) in [6.07, 6.45) is 3.94. The van der Waals surface area contributed by atoms with Crippen molar-refractivity contribution in [3.05, 3.63) is 97.1 Å². The number of benzene rings is 2. The predicted molar refractivity (Wildman–Crippen MR) is 105 cm³/mol. The number of hydrogen-bond donors (Lipinski definition) is 2. The van der Waals surface area contributed by atoms with Gasteiger partial charge in [0.25, 0.3) is 5.91 Å². The van der Waals surface area contributed by atoms with Crippen LogP contribution >= 0.6 is 0 Å². The first kappa shape index (κ1) is 19.2. The predicted octanol–water partition coefficient (Wildman–Crippen LogP) is 3.28. The maximum Gasteiger partial charge on any atom is 0.252 e. The molecule has 0 aliphatic rings. The van der Waals surface area contributed by atoms with Crippen molar-refractivity contribution in [2.24, 2.45) is 0 Å². The van der Waals surface area contributed by atoms with Crippen molar-refractivity contribution in [1.82, 2.24) is 10.6 Å². The summed E-state index contributed by atoms with van der Waals surface area (Å²) in [5, 5.41) is 5.76. The Morgan fingerprint density at radius 2 is 1.54 bits per heavy atom. The third-order valence-corrected chi connectivity index (χ3v) is 4.07. The Balaban J connectivity index is 2.36. The fourth-order valence-corrected chi connectivity index (χ4v) is 2.80. The van der Waals surface area contributed by atoms with E-state index < -0.39 is 5.54 Å². The lowest BCUT2D eigenvalue weighted by Gasteiger charge is -2.33. The van der Waals surface area contributed by atoms with Gasteiger partial charge >= 0.3 is 0 Å². The third-order valence-electron chi connectivity index (χ3n) is 4.07. The molecule has 0 heterocycles. The van der Waals surface area contributed by atoms with Crippen molar-refractivity contribution >= 4 is 11.8 Å². The Morgan fingerprint density at radius 1 is 0.923 bits per heavy atom. The summed E-state index contributed by atoms with van der Waals surface area (Å²) in [6.45, 7) is 7.74. The van der Waals surface area contributed by atoms with E-state index in [1.54, 1.807) is 36.4 Å². The summed E-state index contributed by atoms with van der Waals surface area (Å²) in [5.41, 5.74) is 0.334. The SMILES string of the molecule is C=CCNC(=O)[C@@](CC=C)(Cc1ccccc1)NC(=O)c1ccccc1. The van der Waals surface area contributed by atoms with Crippen molar-refractivity contribution in [2.45, 2.75) is 18.4 Å². The number of amides is 2. The monoisotopic (exact) mass is 348 g/mol. The summed E-state index contributed by atoms with van der Waals surface area (Å²) in [7, 11) is 0. The molecule has 1 atom stereocenters. The van der Waals surface area contributed by atoms with Crippen LogP contribution in [0.3, 0.4) is 0 Å². The first-order valence-electron chi connectivity index (χ1n) is 8.53. The smallest absolute Gasteiger partial charge is 0.252 e. The molecule has 2 N–H and O–H groups in total. The molecule has 0 unspecified atom stereocenters. The highest BCUT2D eigenvalue weighted by atomic mass is 16.2. The van der Waals surface area contributed by atoms with Gasteiger partial charge < -0.3 is 10.6 Å². The Labute approximate surface area is 154 Å². The Bertz CT molecular complexity index is 756. The first-order valence-corrected chi connectivity index (χ1v) is 8.53. The number of nitrogens with one attached hydrogen (secondary N) is 2. The maximum atomic E-state index is 13.0. The molecule has 2 aromatic carbocycles. The van der Waals surface area contributed by atoms with E-state index in [4.69, 9.17) is 0 Å². The second kappa shape index (κ2) is 9.37. The van der Waals surface area contributed by atoms with Gasteiger partial charge in [0.05, 0.1) is 0 Å². The van der Waals surface area contributed by atoms with Crippen LogP contribution in [0.4, 0.5) is 0 Å². The summed E-state index contributed by atoms with van der Waals surface area (Å²) >= 11 is 0. The van der Waals surface area contributed by atoms with E-state index in [2.05, 4.69) is 23.8 Å². The van der Waals surface area contributed by atoms with Crippen LogP contribution in [-0.4, -0.2) is 23.9 Å². The number of carbonyl (C=O) groups is 2. The fraction of sp³-hybridized carbons (Fsp3) is 0.182. The molecule has 0 aromatic heterocycles. The van der Waals surface area contributed by atoms with E-state index >= 15 is 0 Å². The van der Waals surface area contributed by atoms with E-state index in [1.807, 2.05) is 36.4 Å². The van der Waals surface area contributed by atoms with Crippen molar-refractivity contribution in [3.63, 3.8) is 0 Å². The van der Waals surface area contributed by atoms with Crippen LogP contribution in [-0.2, 0) is 11.2 Å². The summed E-state index contributed by atoms with van der Waals surface area (Å²) in [6, 6.07) is 18.5. The molecular formula is C22H24N2O2. The van der Waals surface area contributed by atoms with Gasteiger partial charge in [0, 0.05) is 18.5 Å². The second-order valence-corrected chi connectivity index (χ2v) is 6.06. The quantitative estimate of drug-likeness (QED) is 0.683. The van der Waals surface area contributed by atoms with Gasteiger partial charge in [0.15, 0.2) is 0 Å². The van der Waals surface area contributed by atoms with Crippen LogP contribution in [0.15, 0.2) is 86.0 Å². The molecule has 2 rings (SSSR count). The lowest BCUT2D eigenvalue weighted by atomic mass is 9.85. The molecule has 2 aromatic rings. The van der Waals surface area contributed by atoms with Crippen LogP contribution in [0.5, 0.6) is 0 Å². The molecule has 4 heteroatoms. The van der Waals surface area contributed by atoms with E-state index in [1.165, 1.54) is 0 Å². The molecule has 0 aliphatic carbocycles. The number of rotatable bonds is 9. The highest BCUT2D eigenvalue weighted by Crippen LogP contribution is 2.20. The zero-order chi connectivity index (χ0) is 18.8. The second-order valence-electron chi connectivity index (χ2n) is 6.06. The minimum absolute atomic E-state index is 0.259. The van der Waals surface area contributed by atoms with Crippen LogP contribution in [0.1, 0.15) is 22.3 Å². The molecule has 0 aliphatic heterocycles. The number of carbonyl (C=O) groups excluding carboxylic acids is 2. The topological polar surface area (TPSA) is 58.2 Å². The van der Waals surface area contributed by atoms with Crippen LogP contribution in [0.25, 0.3) is 0 Å². The van der Waals surface area contributed by atoms with Gasteiger partial charge in [0.2, 0.25) is 5.91 Å². The summed E-state index contributed by atoms with van der Waals surface area (Å²) < 4.78 is 0. The zero-order valence-corrected chi connectivity index (χ0v) is 14.8. The Hall–Kier alpha value is -3.14. The van der Waals surface area contributed by atoms with Crippen molar-refractivity contribution in [3.8, 4) is 0 Å². The van der Waals surface area contributed by atoms with E-state index in [0.29, 0.717) is 24.9 Å². The van der Waals surface area contributed by atoms with Crippen LogP contribution in [0, 0.1) is 0 Å². The van der Waals surface area contributed by atoms with Gasteiger partial charge in [-0.25, -0.2) is 0 Å². The molecule has 4 nitrogen and oxygen atoms in total. The minimum atomic E-state index is -1.13. The third kappa shape index (κ3) is 4.93. The summed E-state index contributed by atoms with van der Waals surface area (Å²) in [4.78, 5) is 25.7. The highest BCUT2D eigenvalue weighted by Gasteiger charge is 2.39. The lowest BCUT2D eigenvalue weighted by Crippen LogP contribution is -2.60. The van der Waals surface area contributed by atoms with Crippen LogP contribution < -0.4 is 10.6 Å². The molecule has 26 heavy (non-hydrogen) atoms. The molecule has 0 bridgehead atoms. The minimum Gasteiger partial charge on any atom is -0.351 e. The standard InChI is InChI=1S/C22H24N2O2/c1-3-15-22(21(26)23-16-4-2,17-18-11-7-5-8-12-18)24-20(25)19-13-9-6-10-14-19/h3-14H,1-2,15-17H2,(H,23,26)(H,24,25)/t22-/m1/s1. The van der Waals surface area contributed by atoms with E-state index in [9.17, 15) is 9.59 Å². The summed E-state index contributed by atoms with van der Waals surface area (Å²) in [5.74, 6) is -0.553. The molecular weight excluding hydrogens is 324 g/mol. The van der Waals surface area contributed by atoms with Crippen molar-refractivity contribution in [2.75, 3.05) is 6.54 Å². The van der Waals surface area contributed by atoms with Gasteiger partial charge in [-0.3, -0.25) is 9.59 Å². The van der Waals surface area contributed by atoms with Crippen LogP contribution in [0.2, 0.25) is 0 Å². The average Bonchev–Trinajstić information content (AvgIpc) is 2.67. The van der Waals surface area contributed by atoms with Gasteiger partial charge in [-0.1, -0.05) is 60.7 Å². The molecule has 0 saturated heterocycles. The maximum absolute atomic E-state index is 13.0. The van der Waals surface area contributed by atoms with Gasteiger partial charge in [-0.15, -0.1) is 13.2 Å².